The lowest BCUT2D eigenvalue weighted by atomic mass is 10.0. The Morgan fingerprint density at radius 1 is 1.44 bits per heavy atom. The highest BCUT2D eigenvalue weighted by molar-refractivity contribution is 5.94. The van der Waals surface area contributed by atoms with Crippen LogP contribution in [0.3, 0.4) is 0 Å². The Bertz CT molecular complexity index is 399. The van der Waals surface area contributed by atoms with Gasteiger partial charge in [0.1, 0.15) is 0 Å². The minimum atomic E-state index is -0.0574. The van der Waals surface area contributed by atoms with Gasteiger partial charge in [-0.15, -0.1) is 0 Å². The van der Waals surface area contributed by atoms with Crippen molar-refractivity contribution in [2.45, 2.75) is 19.4 Å². The van der Waals surface area contributed by atoms with Gasteiger partial charge in [-0.2, -0.15) is 0 Å². The van der Waals surface area contributed by atoms with Gasteiger partial charge in [-0.3, -0.25) is 10.6 Å². The molecule has 0 aromatic heterocycles. The van der Waals surface area contributed by atoms with E-state index in [0.29, 0.717) is 11.5 Å². The molecule has 2 unspecified atom stereocenters. The first-order valence-electron chi connectivity index (χ1n) is 6.16. The number of hydrogen-bond donors (Lipinski definition) is 3. The molecule has 0 aliphatic carbocycles. The molecule has 1 aliphatic rings. The molecule has 1 aliphatic heterocycles. The fraction of sp³-hybridized carbons (Fsp3) is 0.462. The lowest BCUT2D eigenvalue weighted by Gasteiger charge is -2.19. The van der Waals surface area contributed by atoms with Gasteiger partial charge in [0.25, 0.3) is 5.91 Å². The quantitative estimate of drug-likeness (QED) is 0.552. The maximum atomic E-state index is 12.0. The number of hydrogen-bond acceptors (Lipinski definition) is 4. The molecule has 0 saturated carbocycles. The number of carbonyl (C=O) groups excluding carboxylic acids is 1. The Balaban J connectivity index is 1.93. The third-order valence-corrected chi connectivity index (χ3v) is 3.34. The summed E-state index contributed by atoms with van der Waals surface area (Å²) in [4.78, 5) is 12.0. The van der Waals surface area contributed by atoms with Crippen LogP contribution < -0.4 is 16.6 Å². The highest BCUT2D eigenvalue weighted by Gasteiger charge is 2.23. The minimum absolute atomic E-state index is 0.0574. The maximum absolute atomic E-state index is 12.0. The van der Waals surface area contributed by atoms with Gasteiger partial charge < -0.3 is 15.5 Å². The monoisotopic (exact) mass is 249 g/mol. The lowest BCUT2D eigenvalue weighted by molar-refractivity contribution is 0.0922. The van der Waals surface area contributed by atoms with Crippen LogP contribution in [-0.2, 0) is 4.74 Å². The summed E-state index contributed by atoms with van der Waals surface area (Å²) < 4.78 is 5.32. The van der Waals surface area contributed by atoms with E-state index in [2.05, 4.69) is 10.7 Å². The molecule has 1 saturated heterocycles. The maximum Gasteiger partial charge on any atom is 0.251 e. The van der Waals surface area contributed by atoms with Crippen molar-refractivity contribution in [1.29, 1.82) is 0 Å². The number of ether oxygens (including phenoxy) is 1. The van der Waals surface area contributed by atoms with Gasteiger partial charge in [0.15, 0.2) is 0 Å². The van der Waals surface area contributed by atoms with E-state index in [9.17, 15) is 4.79 Å². The SMILES string of the molecule is CC(NC(=O)c1ccc(NN)cc1)C1CCOC1. The van der Waals surface area contributed by atoms with Crippen molar-refractivity contribution in [3.8, 4) is 0 Å². The molecule has 2 rings (SSSR count). The number of anilines is 1. The van der Waals surface area contributed by atoms with Crippen LogP contribution in [0, 0.1) is 5.92 Å². The van der Waals surface area contributed by atoms with Crippen LogP contribution in [0.2, 0.25) is 0 Å². The van der Waals surface area contributed by atoms with Gasteiger partial charge in [-0.25, -0.2) is 0 Å². The lowest BCUT2D eigenvalue weighted by Crippen LogP contribution is -2.38. The van der Waals surface area contributed by atoms with Crippen LogP contribution in [0.5, 0.6) is 0 Å². The van der Waals surface area contributed by atoms with E-state index in [1.165, 1.54) is 0 Å². The van der Waals surface area contributed by atoms with Crippen molar-refractivity contribution in [2.24, 2.45) is 11.8 Å². The zero-order valence-corrected chi connectivity index (χ0v) is 10.5. The van der Waals surface area contributed by atoms with Crippen LogP contribution in [0.1, 0.15) is 23.7 Å². The summed E-state index contributed by atoms with van der Waals surface area (Å²) in [7, 11) is 0. The zero-order chi connectivity index (χ0) is 13.0. The predicted molar refractivity (Wildman–Crippen MR) is 70.1 cm³/mol. The number of carbonyl (C=O) groups is 1. The Hall–Kier alpha value is -1.59. The fourth-order valence-corrected chi connectivity index (χ4v) is 2.07. The molecule has 4 N–H and O–H groups in total. The minimum Gasteiger partial charge on any atom is -0.381 e. The van der Waals surface area contributed by atoms with Gasteiger partial charge in [0.2, 0.25) is 0 Å². The first-order chi connectivity index (χ1) is 8.70. The first-order valence-corrected chi connectivity index (χ1v) is 6.16. The highest BCUT2D eigenvalue weighted by atomic mass is 16.5. The summed E-state index contributed by atoms with van der Waals surface area (Å²) in [5, 5.41) is 3.00. The normalized spacial score (nSPS) is 20.4. The van der Waals surface area contributed by atoms with E-state index in [0.717, 1.165) is 25.3 Å². The van der Waals surface area contributed by atoms with Crippen molar-refractivity contribution in [3.05, 3.63) is 29.8 Å². The molecule has 0 spiro atoms. The van der Waals surface area contributed by atoms with Crippen LogP contribution >= 0.6 is 0 Å². The van der Waals surface area contributed by atoms with Crippen molar-refractivity contribution >= 4 is 11.6 Å². The summed E-state index contributed by atoms with van der Waals surface area (Å²) in [6, 6.07) is 7.19. The van der Waals surface area contributed by atoms with Crippen molar-refractivity contribution < 1.29 is 9.53 Å². The number of nitrogen functional groups attached to an aromatic ring is 1. The second kappa shape index (κ2) is 5.84. The molecule has 1 heterocycles. The Morgan fingerprint density at radius 3 is 2.72 bits per heavy atom. The average Bonchev–Trinajstić information content (AvgIpc) is 2.92. The molecule has 0 bridgehead atoms. The van der Waals surface area contributed by atoms with Gasteiger partial charge in [-0.1, -0.05) is 0 Å². The molecule has 1 aromatic carbocycles. The molecular weight excluding hydrogens is 230 g/mol. The molecule has 1 fully saturated rings. The van der Waals surface area contributed by atoms with E-state index < -0.39 is 0 Å². The summed E-state index contributed by atoms with van der Waals surface area (Å²) in [5.74, 6) is 5.63. The molecule has 1 amide bonds. The van der Waals surface area contributed by atoms with Gasteiger partial charge >= 0.3 is 0 Å². The molecule has 2 atom stereocenters. The number of rotatable bonds is 4. The van der Waals surface area contributed by atoms with Crippen molar-refractivity contribution in [3.63, 3.8) is 0 Å². The highest BCUT2D eigenvalue weighted by Crippen LogP contribution is 2.17. The molecular formula is C13H19N3O2. The molecule has 0 radical (unpaired) electrons. The summed E-state index contributed by atoms with van der Waals surface area (Å²) >= 11 is 0. The molecule has 1 aromatic rings. The first kappa shape index (κ1) is 12.9. The van der Waals surface area contributed by atoms with E-state index in [1.54, 1.807) is 24.3 Å². The molecule has 5 heteroatoms. The van der Waals surface area contributed by atoms with E-state index in [1.807, 2.05) is 6.92 Å². The van der Waals surface area contributed by atoms with Crippen LogP contribution in [0.15, 0.2) is 24.3 Å². The Kier molecular flexibility index (Phi) is 4.17. The predicted octanol–water partition coefficient (Wildman–Crippen LogP) is 1.13. The van der Waals surface area contributed by atoms with Crippen LogP contribution in [0.25, 0.3) is 0 Å². The smallest absolute Gasteiger partial charge is 0.251 e. The number of hydrazine groups is 1. The van der Waals surface area contributed by atoms with Gasteiger partial charge in [0, 0.05) is 29.8 Å². The van der Waals surface area contributed by atoms with Gasteiger partial charge in [-0.05, 0) is 37.6 Å². The Labute approximate surface area is 107 Å². The van der Waals surface area contributed by atoms with Crippen molar-refractivity contribution in [2.75, 3.05) is 18.6 Å². The second-order valence-corrected chi connectivity index (χ2v) is 4.61. The second-order valence-electron chi connectivity index (χ2n) is 4.61. The third-order valence-electron chi connectivity index (χ3n) is 3.34. The standard InChI is InChI=1S/C13H19N3O2/c1-9(11-6-7-18-8-11)15-13(17)10-2-4-12(16-14)5-3-10/h2-5,9,11,16H,6-8,14H2,1H3,(H,15,17). The molecule has 5 nitrogen and oxygen atoms in total. The van der Waals surface area contributed by atoms with Crippen molar-refractivity contribution in [1.82, 2.24) is 5.32 Å². The largest absolute Gasteiger partial charge is 0.381 e. The van der Waals surface area contributed by atoms with Crippen LogP contribution in [0.4, 0.5) is 5.69 Å². The van der Waals surface area contributed by atoms with Crippen LogP contribution in [-0.4, -0.2) is 25.2 Å². The number of amides is 1. The topological polar surface area (TPSA) is 76.4 Å². The van der Waals surface area contributed by atoms with E-state index >= 15 is 0 Å². The summed E-state index contributed by atoms with van der Waals surface area (Å²) in [5.41, 5.74) is 3.95. The number of nitrogens with two attached hydrogens (primary N) is 1. The average molecular weight is 249 g/mol. The van der Waals surface area contributed by atoms with Gasteiger partial charge in [0.05, 0.1) is 6.61 Å². The number of nitrogens with one attached hydrogen (secondary N) is 2. The molecule has 98 valence electrons. The summed E-state index contributed by atoms with van der Waals surface area (Å²) in [6.45, 7) is 3.55. The van der Waals surface area contributed by atoms with E-state index in [-0.39, 0.29) is 11.9 Å². The summed E-state index contributed by atoms with van der Waals surface area (Å²) in [6.07, 6.45) is 1.01. The van der Waals surface area contributed by atoms with E-state index in [4.69, 9.17) is 10.6 Å². The zero-order valence-electron chi connectivity index (χ0n) is 10.5. The molecule has 18 heavy (non-hydrogen) atoms. The fourth-order valence-electron chi connectivity index (χ4n) is 2.07. The Morgan fingerprint density at radius 2 is 2.17 bits per heavy atom. The number of benzene rings is 1. The third kappa shape index (κ3) is 3.00.